The number of para-hydroxylation sites is 1. The van der Waals surface area contributed by atoms with Crippen molar-refractivity contribution in [1.29, 1.82) is 0 Å². The van der Waals surface area contributed by atoms with E-state index in [0.29, 0.717) is 0 Å². The maximum atomic E-state index is 12.7. The third kappa shape index (κ3) is 2.59. The molecule has 114 valence electrons. The van der Waals surface area contributed by atoms with Gasteiger partial charge in [0.25, 0.3) is 0 Å². The van der Waals surface area contributed by atoms with E-state index in [1.165, 1.54) is 0 Å². The van der Waals surface area contributed by atoms with Crippen molar-refractivity contribution in [2.45, 2.75) is 19.3 Å². The quantitative estimate of drug-likeness (QED) is 0.782. The molecule has 3 heteroatoms. The summed E-state index contributed by atoms with van der Waals surface area (Å²) in [5.74, 6) is 2.22. The van der Waals surface area contributed by atoms with Crippen LogP contribution in [-0.2, 0) is 0 Å². The fourth-order valence-electron chi connectivity index (χ4n) is 3.05. The standard InChI is InChI=1S/C19H20O3/c1-12-10-13(8-9-17(12)21-2)19(20)16-11-15(16)14-6-4-5-7-18(14)22-3/h4-10,15-16H,11H2,1-3H3. The second kappa shape index (κ2) is 5.84. The summed E-state index contributed by atoms with van der Waals surface area (Å²) in [5.41, 5.74) is 2.89. The van der Waals surface area contributed by atoms with E-state index in [0.717, 1.165) is 34.6 Å². The molecule has 0 N–H and O–H groups in total. The van der Waals surface area contributed by atoms with Crippen LogP contribution in [0.5, 0.6) is 11.5 Å². The second-order valence-corrected chi connectivity index (χ2v) is 5.74. The van der Waals surface area contributed by atoms with Crippen LogP contribution in [-0.4, -0.2) is 20.0 Å². The van der Waals surface area contributed by atoms with E-state index in [1.807, 2.05) is 43.3 Å². The molecule has 0 bridgehead atoms. The molecule has 0 amide bonds. The van der Waals surface area contributed by atoms with Gasteiger partial charge in [0.05, 0.1) is 14.2 Å². The summed E-state index contributed by atoms with van der Waals surface area (Å²) >= 11 is 0. The molecule has 0 aliphatic heterocycles. The Morgan fingerprint density at radius 2 is 1.77 bits per heavy atom. The van der Waals surface area contributed by atoms with Crippen LogP contribution in [0.15, 0.2) is 42.5 Å². The normalized spacial score (nSPS) is 19.6. The van der Waals surface area contributed by atoms with Crippen LogP contribution < -0.4 is 9.47 Å². The first kappa shape index (κ1) is 14.6. The van der Waals surface area contributed by atoms with Crippen molar-refractivity contribution in [3.63, 3.8) is 0 Å². The summed E-state index contributed by atoms with van der Waals surface area (Å²) < 4.78 is 10.7. The molecule has 2 aromatic rings. The van der Waals surface area contributed by atoms with Gasteiger partial charge in [0.1, 0.15) is 11.5 Å². The first-order chi connectivity index (χ1) is 10.7. The summed E-state index contributed by atoms with van der Waals surface area (Å²) in [6.07, 6.45) is 0.893. The van der Waals surface area contributed by atoms with Crippen LogP contribution in [0.25, 0.3) is 0 Å². The summed E-state index contributed by atoms with van der Waals surface area (Å²) in [6.45, 7) is 1.96. The number of benzene rings is 2. The van der Waals surface area contributed by atoms with E-state index >= 15 is 0 Å². The van der Waals surface area contributed by atoms with Gasteiger partial charge < -0.3 is 9.47 Å². The first-order valence-electron chi connectivity index (χ1n) is 7.47. The van der Waals surface area contributed by atoms with Gasteiger partial charge in [-0.25, -0.2) is 0 Å². The minimum absolute atomic E-state index is 0.0593. The molecule has 3 rings (SSSR count). The van der Waals surface area contributed by atoms with E-state index in [2.05, 4.69) is 6.07 Å². The van der Waals surface area contributed by atoms with Crippen molar-refractivity contribution in [3.05, 3.63) is 59.2 Å². The minimum atomic E-state index is 0.0593. The van der Waals surface area contributed by atoms with Crippen molar-refractivity contribution < 1.29 is 14.3 Å². The number of ether oxygens (including phenoxy) is 2. The van der Waals surface area contributed by atoms with Gasteiger partial charge in [-0.1, -0.05) is 18.2 Å². The summed E-state index contributed by atoms with van der Waals surface area (Å²) in [5, 5.41) is 0. The van der Waals surface area contributed by atoms with E-state index in [9.17, 15) is 4.79 Å². The largest absolute Gasteiger partial charge is 0.496 e. The topological polar surface area (TPSA) is 35.5 Å². The Balaban J connectivity index is 1.79. The van der Waals surface area contributed by atoms with Crippen LogP contribution in [0.3, 0.4) is 0 Å². The second-order valence-electron chi connectivity index (χ2n) is 5.74. The molecule has 0 saturated heterocycles. The number of rotatable bonds is 5. The van der Waals surface area contributed by atoms with Crippen molar-refractivity contribution in [3.8, 4) is 11.5 Å². The first-order valence-corrected chi connectivity index (χ1v) is 7.47. The highest BCUT2D eigenvalue weighted by molar-refractivity contribution is 6.00. The molecule has 1 saturated carbocycles. The Labute approximate surface area is 130 Å². The van der Waals surface area contributed by atoms with Gasteiger partial charge in [0.2, 0.25) is 0 Å². The third-order valence-corrected chi connectivity index (χ3v) is 4.34. The van der Waals surface area contributed by atoms with Crippen molar-refractivity contribution in [2.24, 2.45) is 5.92 Å². The third-order valence-electron chi connectivity index (χ3n) is 4.34. The predicted octanol–water partition coefficient (Wildman–Crippen LogP) is 4.00. The van der Waals surface area contributed by atoms with Crippen LogP contribution in [0.4, 0.5) is 0 Å². The van der Waals surface area contributed by atoms with Gasteiger partial charge in [0, 0.05) is 11.5 Å². The number of ketones is 1. The lowest BCUT2D eigenvalue weighted by Gasteiger charge is -2.08. The zero-order valence-electron chi connectivity index (χ0n) is 13.1. The SMILES string of the molecule is COc1ccc(C(=O)C2CC2c2ccccc2OC)cc1C. The van der Waals surface area contributed by atoms with E-state index < -0.39 is 0 Å². The molecular formula is C19H20O3. The van der Waals surface area contributed by atoms with Gasteiger partial charge >= 0.3 is 0 Å². The average Bonchev–Trinajstić information content (AvgIpc) is 3.34. The van der Waals surface area contributed by atoms with Crippen LogP contribution in [0.2, 0.25) is 0 Å². The van der Waals surface area contributed by atoms with Crippen LogP contribution in [0.1, 0.15) is 33.8 Å². The van der Waals surface area contributed by atoms with Gasteiger partial charge in [-0.15, -0.1) is 0 Å². The predicted molar refractivity (Wildman–Crippen MR) is 85.9 cm³/mol. The Kier molecular flexibility index (Phi) is 3.88. The number of carbonyl (C=O) groups excluding carboxylic acids is 1. The van der Waals surface area contributed by atoms with Crippen molar-refractivity contribution in [1.82, 2.24) is 0 Å². The number of hydrogen-bond donors (Lipinski definition) is 0. The molecular weight excluding hydrogens is 276 g/mol. The maximum Gasteiger partial charge on any atom is 0.166 e. The maximum absolute atomic E-state index is 12.7. The smallest absolute Gasteiger partial charge is 0.166 e. The van der Waals surface area contributed by atoms with Crippen molar-refractivity contribution in [2.75, 3.05) is 14.2 Å². The zero-order valence-corrected chi connectivity index (χ0v) is 13.1. The molecule has 3 nitrogen and oxygen atoms in total. The van der Waals surface area contributed by atoms with E-state index in [1.54, 1.807) is 14.2 Å². The number of carbonyl (C=O) groups is 1. The lowest BCUT2D eigenvalue weighted by Crippen LogP contribution is -2.04. The monoisotopic (exact) mass is 296 g/mol. The molecule has 1 aliphatic carbocycles. The highest BCUT2D eigenvalue weighted by Crippen LogP contribution is 2.51. The van der Waals surface area contributed by atoms with Crippen LogP contribution in [0, 0.1) is 12.8 Å². The molecule has 2 atom stereocenters. The highest BCUT2D eigenvalue weighted by Gasteiger charge is 2.45. The molecule has 0 radical (unpaired) electrons. The van der Waals surface area contributed by atoms with Gasteiger partial charge in [0.15, 0.2) is 5.78 Å². The highest BCUT2D eigenvalue weighted by atomic mass is 16.5. The molecule has 1 fully saturated rings. The Morgan fingerprint density at radius 1 is 1.05 bits per heavy atom. The summed E-state index contributed by atoms with van der Waals surface area (Å²) in [7, 11) is 3.31. The fraction of sp³-hybridized carbons (Fsp3) is 0.316. The minimum Gasteiger partial charge on any atom is -0.496 e. The van der Waals surface area contributed by atoms with Gasteiger partial charge in [-0.3, -0.25) is 4.79 Å². The molecule has 0 spiro atoms. The molecule has 22 heavy (non-hydrogen) atoms. The number of aryl methyl sites for hydroxylation is 1. The lowest BCUT2D eigenvalue weighted by atomic mass is 10.0. The zero-order chi connectivity index (χ0) is 15.7. The molecule has 2 aromatic carbocycles. The molecule has 0 heterocycles. The van der Waals surface area contributed by atoms with Gasteiger partial charge in [-0.05, 0) is 54.7 Å². The number of Topliss-reactive ketones (excluding diaryl/α,β-unsaturated/α-hetero) is 1. The molecule has 2 unspecified atom stereocenters. The summed E-state index contributed by atoms with van der Waals surface area (Å²) in [6, 6.07) is 13.6. The number of methoxy groups -OCH3 is 2. The van der Waals surface area contributed by atoms with Gasteiger partial charge in [-0.2, -0.15) is 0 Å². The Bertz CT molecular complexity index is 706. The fourth-order valence-corrected chi connectivity index (χ4v) is 3.05. The lowest BCUT2D eigenvalue weighted by molar-refractivity contribution is 0.0965. The Morgan fingerprint density at radius 3 is 2.45 bits per heavy atom. The Hall–Kier alpha value is -2.29. The van der Waals surface area contributed by atoms with Crippen LogP contribution >= 0.6 is 0 Å². The molecule has 0 aromatic heterocycles. The average molecular weight is 296 g/mol. The van der Waals surface area contributed by atoms with E-state index in [-0.39, 0.29) is 17.6 Å². The van der Waals surface area contributed by atoms with Crippen molar-refractivity contribution >= 4 is 5.78 Å². The van der Waals surface area contributed by atoms with E-state index in [4.69, 9.17) is 9.47 Å². The molecule has 1 aliphatic rings. The number of hydrogen-bond acceptors (Lipinski definition) is 3. The summed E-state index contributed by atoms with van der Waals surface area (Å²) in [4.78, 5) is 12.7.